The molecule has 0 aliphatic heterocycles. The van der Waals surface area contributed by atoms with Crippen LogP contribution in [0, 0.1) is 0 Å². The Labute approximate surface area is 154 Å². The van der Waals surface area contributed by atoms with Crippen molar-refractivity contribution in [3.05, 3.63) is 83.9 Å². The van der Waals surface area contributed by atoms with E-state index < -0.39 is 11.9 Å². The number of carbonyl (C=O) groups is 2. The minimum absolute atomic E-state index is 0.123. The number of ether oxygens (including phenoxy) is 1. The van der Waals surface area contributed by atoms with Crippen LogP contribution in [0.1, 0.15) is 20.7 Å². The number of benzene rings is 4. The first-order valence-corrected chi connectivity index (χ1v) is 8.23. The number of aromatic hydroxyl groups is 2. The van der Waals surface area contributed by atoms with Crippen LogP contribution >= 0.6 is 0 Å². The molecule has 0 saturated heterocycles. The van der Waals surface area contributed by atoms with Gasteiger partial charge in [-0.2, -0.15) is 0 Å². The van der Waals surface area contributed by atoms with Gasteiger partial charge in [0.15, 0.2) is 0 Å². The van der Waals surface area contributed by atoms with Crippen LogP contribution < -0.4 is 0 Å². The zero-order valence-corrected chi connectivity index (χ0v) is 14.0. The van der Waals surface area contributed by atoms with E-state index in [1.54, 1.807) is 36.4 Å². The summed E-state index contributed by atoms with van der Waals surface area (Å²) in [6.45, 7) is 0. The van der Waals surface area contributed by atoms with Crippen LogP contribution in [0.5, 0.6) is 11.5 Å². The van der Waals surface area contributed by atoms with Crippen LogP contribution in [0.3, 0.4) is 0 Å². The second-order valence-electron chi connectivity index (χ2n) is 6.11. The Bertz CT molecular complexity index is 1110. The van der Waals surface area contributed by atoms with Gasteiger partial charge in [0.1, 0.15) is 22.6 Å². The number of esters is 2. The van der Waals surface area contributed by atoms with Gasteiger partial charge in [-0.05, 0) is 45.8 Å². The van der Waals surface area contributed by atoms with Crippen molar-refractivity contribution in [2.75, 3.05) is 0 Å². The van der Waals surface area contributed by atoms with Crippen molar-refractivity contribution in [3.8, 4) is 11.5 Å². The van der Waals surface area contributed by atoms with Gasteiger partial charge in [0.2, 0.25) is 0 Å². The average Bonchev–Trinajstić information content (AvgIpc) is 2.66. The quantitative estimate of drug-likeness (QED) is 0.410. The predicted molar refractivity (Wildman–Crippen MR) is 101 cm³/mol. The molecule has 5 nitrogen and oxygen atoms in total. The Morgan fingerprint density at radius 1 is 0.593 bits per heavy atom. The van der Waals surface area contributed by atoms with Crippen LogP contribution in [0.4, 0.5) is 0 Å². The molecular formula is C22H14O5. The third kappa shape index (κ3) is 3.06. The molecule has 0 amide bonds. The van der Waals surface area contributed by atoms with Gasteiger partial charge in [-0.3, -0.25) is 0 Å². The zero-order chi connectivity index (χ0) is 19.0. The maximum absolute atomic E-state index is 12.4. The Kier molecular flexibility index (Phi) is 3.97. The Balaban J connectivity index is 1.66. The maximum Gasteiger partial charge on any atom is 0.349 e. The fourth-order valence-electron chi connectivity index (χ4n) is 2.98. The first-order chi connectivity index (χ1) is 13.0. The number of phenolic OH excluding ortho intramolecular Hbond substituents is 2. The largest absolute Gasteiger partial charge is 0.507 e. The van der Waals surface area contributed by atoms with Gasteiger partial charge in [-0.25, -0.2) is 9.59 Å². The van der Waals surface area contributed by atoms with E-state index in [2.05, 4.69) is 0 Å². The summed E-state index contributed by atoms with van der Waals surface area (Å²) < 4.78 is 4.88. The molecule has 0 bridgehead atoms. The van der Waals surface area contributed by atoms with Crippen molar-refractivity contribution in [1.29, 1.82) is 0 Å². The summed E-state index contributed by atoms with van der Waals surface area (Å²) in [4.78, 5) is 24.8. The van der Waals surface area contributed by atoms with Crippen LogP contribution in [0.2, 0.25) is 0 Å². The molecule has 27 heavy (non-hydrogen) atoms. The SMILES string of the molecule is O=C(OC(=O)c1cc2ccccc2cc1O)c1cc2ccccc2cc1O. The number of carbonyl (C=O) groups excluding carboxylic acids is 2. The molecule has 4 rings (SSSR count). The standard InChI is InChI=1S/C22H14O5/c23-19-11-15-7-3-1-5-13(15)9-17(19)21(25)27-22(26)18-10-14-6-2-4-8-16(14)12-20(18)24/h1-12,23-24H. The van der Waals surface area contributed by atoms with E-state index in [9.17, 15) is 19.8 Å². The number of hydrogen-bond acceptors (Lipinski definition) is 5. The molecule has 0 fully saturated rings. The van der Waals surface area contributed by atoms with Gasteiger partial charge < -0.3 is 14.9 Å². The first-order valence-electron chi connectivity index (χ1n) is 8.23. The Morgan fingerprint density at radius 2 is 0.926 bits per heavy atom. The van der Waals surface area contributed by atoms with Gasteiger partial charge in [-0.1, -0.05) is 48.5 Å². The maximum atomic E-state index is 12.4. The highest BCUT2D eigenvalue weighted by atomic mass is 16.6. The molecule has 0 atom stereocenters. The summed E-state index contributed by atoms with van der Waals surface area (Å²) in [6.07, 6.45) is 0. The van der Waals surface area contributed by atoms with Gasteiger partial charge >= 0.3 is 11.9 Å². The van der Waals surface area contributed by atoms with Crippen molar-refractivity contribution in [2.45, 2.75) is 0 Å². The molecule has 0 radical (unpaired) electrons. The highest BCUT2D eigenvalue weighted by Crippen LogP contribution is 2.28. The van der Waals surface area contributed by atoms with Crippen LogP contribution in [-0.2, 0) is 4.74 Å². The van der Waals surface area contributed by atoms with Crippen molar-refractivity contribution in [3.63, 3.8) is 0 Å². The van der Waals surface area contributed by atoms with Crippen LogP contribution in [-0.4, -0.2) is 22.2 Å². The van der Waals surface area contributed by atoms with Crippen molar-refractivity contribution in [2.24, 2.45) is 0 Å². The first kappa shape index (κ1) is 16.6. The Hall–Kier alpha value is -3.86. The topological polar surface area (TPSA) is 83.8 Å². The van der Waals surface area contributed by atoms with Gasteiger partial charge in [-0.15, -0.1) is 0 Å². The summed E-state index contributed by atoms with van der Waals surface area (Å²) in [5.74, 6) is -2.55. The van der Waals surface area contributed by atoms with E-state index in [1.165, 1.54) is 24.3 Å². The van der Waals surface area contributed by atoms with Crippen molar-refractivity contribution >= 4 is 33.5 Å². The summed E-state index contributed by atoms with van der Waals surface area (Å²) in [7, 11) is 0. The highest BCUT2D eigenvalue weighted by Gasteiger charge is 2.21. The van der Waals surface area contributed by atoms with E-state index >= 15 is 0 Å². The molecule has 2 N–H and O–H groups in total. The van der Waals surface area contributed by atoms with Gasteiger partial charge in [0.25, 0.3) is 0 Å². The number of phenols is 2. The molecule has 0 spiro atoms. The van der Waals surface area contributed by atoms with Crippen LogP contribution in [0.25, 0.3) is 21.5 Å². The lowest BCUT2D eigenvalue weighted by atomic mass is 10.1. The monoisotopic (exact) mass is 358 g/mol. The normalized spacial score (nSPS) is 10.8. The smallest absolute Gasteiger partial charge is 0.349 e. The summed E-state index contributed by atoms with van der Waals surface area (Å²) in [5, 5.41) is 23.2. The molecule has 0 heterocycles. The zero-order valence-electron chi connectivity index (χ0n) is 14.0. The minimum Gasteiger partial charge on any atom is -0.507 e. The lowest BCUT2D eigenvalue weighted by molar-refractivity contribution is 0.0394. The molecule has 0 aromatic heterocycles. The van der Waals surface area contributed by atoms with E-state index in [0.717, 1.165) is 21.5 Å². The van der Waals surface area contributed by atoms with Crippen molar-refractivity contribution in [1.82, 2.24) is 0 Å². The van der Waals surface area contributed by atoms with E-state index in [4.69, 9.17) is 4.74 Å². The second kappa shape index (κ2) is 6.46. The lowest BCUT2D eigenvalue weighted by Crippen LogP contribution is -2.13. The molecule has 0 saturated carbocycles. The molecule has 5 heteroatoms. The Morgan fingerprint density at radius 3 is 1.30 bits per heavy atom. The van der Waals surface area contributed by atoms with Gasteiger partial charge in [0, 0.05) is 0 Å². The van der Waals surface area contributed by atoms with E-state index in [-0.39, 0.29) is 22.6 Å². The van der Waals surface area contributed by atoms with Crippen LogP contribution in [0.15, 0.2) is 72.8 Å². The molecule has 0 unspecified atom stereocenters. The van der Waals surface area contributed by atoms with Gasteiger partial charge in [0.05, 0.1) is 0 Å². The second-order valence-corrected chi connectivity index (χ2v) is 6.11. The fourth-order valence-corrected chi connectivity index (χ4v) is 2.98. The lowest BCUT2D eigenvalue weighted by Gasteiger charge is -2.09. The molecule has 4 aromatic carbocycles. The summed E-state index contributed by atoms with van der Waals surface area (Å²) in [6, 6.07) is 20.2. The third-order valence-electron chi connectivity index (χ3n) is 4.35. The third-order valence-corrected chi connectivity index (χ3v) is 4.35. The average molecular weight is 358 g/mol. The van der Waals surface area contributed by atoms with E-state index in [1.807, 2.05) is 12.1 Å². The summed E-state index contributed by atoms with van der Waals surface area (Å²) >= 11 is 0. The minimum atomic E-state index is -0.990. The van der Waals surface area contributed by atoms with E-state index in [0.29, 0.717) is 0 Å². The number of fused-ring (bicyclic) bond motifs is 2. The number of hydrogen-bond donors (Lipinski definition) is 2. The predicted octanol–water partition coefficient (Wildman–Crippen LogP) is 4.40. The fraction of sp³-hybridized carbons (Fsp3) is 0. The van der Waals surface area contributed by atoms with Crippen molar-refractivity contribution < 1.29 is 24.5 Å². The molecule has 4 aromatic rings. The molecular weight excluding hydrogens is 344 g/mol. The molecule has 0 aliphatic rings. The molecule has 0 aliphatic carbocycles. The summed E-state index contributed by atoms with van der Waals surface area (Å²) in [5.41, 5.74) is -0.246. The highest BCUT2D eigenvalue weighted by molar-refractivity contribution is 6.08. The molecule has 132 valence electrons. The number of rotatable bonds is 2.